The highest BCUT2D eigenvalue weighted by Gasteiger charge is 2.13. The van der Waals surface area contributed by atoms with E-state index in [-0.39, 0.29) is 13.2 Å². The summed E-state index contributed by atoms with van der Waals surface area (Å²) >= 11 is 0. The maximum Gasteiger partial charge on any atom is 0.161 e. The number of aliphatic hydroxyl groups excluding tert-OH is 1. The largest absolute Gasteiger partial charge is 0.396 e. The van der Waals surface area contributed by atoms with Crippen LogP contribution >= 0.6 is 0 Å². The third-order valence-corrected chi connectivity index (χ3v) is 2.68. The molecule has 98 valence electrons. The Morgan fingerprint density at radius 3 is 2.72 bits per heavy atom. The number of aryl methyl sites for hydroxylation is 1. The highest BCUT2D eigenvalue weighted by Crippen LogP contribution is 2.20. The van der Waals surface area contributed by atoms with Crippen molar-refractivity contribution in [1.29, 1.82) is 0 Å². The first-order valence-corrected chi connectivity index (χ1v) is 5.61. The van der Waals surface area contributed by atoms with Gasteiger partial charge >= 0.3 is 0 Å². The summed E-state index contributed by atoms with van der Waals surface area (Å²) in [6.45, 7) is 0.760. The third kappa shape index (κ3) is 2.34. The van der Waals surface area contributed by atoms with Gasteiger partial charge in [-0.2, -0.15) is 0 Å². The summed E-state index contributed by atoms with van der Waals surface area (Å²) in [4.78, 5) is 4.21. The molecule has 0 unspecified atom stereocenters. The summed E-state index contributed by atoms with van der Waals surface area (Å²) in [5, 5.41) is 8.86. The average Bonchev–Trinajstić information content (AvgIpc) is 2.65. The molecule has 6 heteroatoms. The van der Waals surface area contributed by atoms with Crippen molar-refractivity contribution in [2.75, 3.05) is 13.7 Å². The normalized spacial score (nSPS) is 11.3. The number of hydrogen-bond acceptors (Lipinski definition) is 3. The number of ether oxygens (including phenoxy) is 1. The lowest BCUT2D eigenvalue weighted by molar-refractivity contribution is 0.173. The van der Waals surface area contributed by atoms with Gasteiger partial charge in [-0.3, -0.25) is 0 Å². The fraction of sp³-hybridized carbons (Fsp3) is 0.417. The second-order valence-electron chi connectivity index (χ2n) is 3.94. The molecule has 1 aromatic carbocycles. The third-order valence-electron chi connectivity index (χ3n) is 2.68. The molecule has 1 heterocycles. The van der Waals surface area contributed by atoms with Gasteiger partial charge in [0.2, 0.25) is 0 Å². The van der Waals surface area contributed by atoms with Gasteiger partial charge in [0.15, 0.2) is 11.6 Å². The molecule has 0 amide bonds. The quantitative estimate of drug-likeness (QED) is 0.888. The van der Waals surface area contributed by atoms with Crippen molar-refractivity contribution < 1.29 is 18.6 Å². The Bertz CT molecular complexity index is 554. The monoisotopic (exact) mass is 256 g/mol. The lowest BCUT2D eigenvalue weighted by atomic mass is 10.3. The smallest absolute Gasteiger partial charge is 0.161 e. The Morgan fingerprint density at radius 2 is 2.06 bits per heavy atom. The number of hydrogen-bond donors (Lipinski definition) is 1. The molecule has 0 aliphatic rings. The molecule has 4 nitrogen and oxygen atoms in total. The van der Waals surface area contributed by atoms with Crippen molar-refractivity contribution in [1.82, 2.24) is 9.55 Å². The summed E-state index contributed by atoms with van der Waals surface area (Å²) in [5.41, 5.74) is 0.897. The van der Waals surface area contributed by atoms with Gasteiger partial charge in [-0.05, 0) is 6.42 Å². The molecule has 0 spiro atoms. The molecule has 0 saturated carbocycles. The van der Waals surface area contributed by atoms with Crippen LogP contribution < -0.4 is 0 Å². The van der Waals surface area contributed by atoms with Crippen molar-refractivity contribution in [2.45, 2.75) is 19.6 Å². The topological polar surface area (TPSA) is 47.3 Å². The molecule has 1 aromatic heterocycles. The lowest BCUT2D eigenvalue weighted by Crippen LogP contribution is -2.06. The van der Waals surface area contributed by atoms with Crippen LogP contribution in [0, 0.1) is 11.6 Å². The van der Waals surface area contributed by atoms with Gasteiger partial charge in [-0.15, -0.1) is 0 Å². The van der Waals surface area contributed by atoms with E-state index in [0.29, 0.717) is 29.8 Å². The van der Waals surface area contributed by atoms with Crippen LogP contribution in [0.25, 0.3) is 11.0 Å². The van der Waals surface area contributed by atoms with E-state index in [1.165, 1.54) is 7.11 Å². The standard InChI is InChI=1S/C12H14F2N2O2/c1-18-7-12-15-10-5-8(13)9(14)6-11(10)16(12)3-2-4-17/h5-6,17H,2-4,7H2,1H3. The minimum Gasteiger partial charge on any atom is -0.396 e. The second kappa shape index (κ2) is 5.41. The summed E-state index contributed by atoms with van der Waals surface area (Å²) in [6, 6.07) is 2.19. The highest BCUT2D eigenvalue weighted by atomic mass is 19.2. The minimum atomic E-state index is -0.918. The van der Waals surface area contributed by atoms with E-state index in [2.05, 4.69) is 4.98 Å². The van der Waals surface area contributed by atoms with Crippen molar-refractivity contribution in [3.05, 3.63) is 29.6 Å². The van der Waals surface area contributed by atoms with Crippen LogP contribution in [0.5, 0.6) is 0 Å². The number of aromatic nitrogens is 2. The van der Waals surface area contributed by atoms with Crippen molar-refractivity contribution >= 4 is 11.0 Å². The van der Waals surface area contributed by atoms with Gasteiger partial charge in [0.05, 0.1) is 11.0 Å². The van der Waals surface area contributed by atoms with Crippen LogP contribution in [-0.2, 0) is 17.9 Å². The number of nitrogens with zero attached hydrogens (tertiary/aromatic N) is 2. The predicted octanol–water partition coefficient (Wildman–Crippen LogP) is 1.84. The van der Waals surface area contributed by atoms with E-state index in [9.17, 15) is 8.78 Å². The van der Waals surface area contributed by atoms with Gasteiger partial charge < -0.3 is 14.4 Å². The first-order chi connectivity index (χ1) is 8.67. The summed E-state index contributed by atoms with van der Waals surface area (Å²) < 4.78 is 33.1. The SMILES string of the molecule is COCc1nc2cc(F)c(F)cc2n1CCCO. The van der Waals surface area contributed by atoms with Crippen molar-refractivity contribution in [3.63, 3.8) is 0 Å². The van der Waals surface area contributed by atoms with Crippen LogP contribution in [0.1, 0.15) is 12.2 Å². The molecule has 2 rings (SSSR count). The number of fused-ring (bicyclic) bond motifs is 1. The molecular weight excluding hydrogens is 242 g/mol. The lowest BCUT2D eigenvalue weighted by Gasteiger charge is -2.07. The Kier molecular flexibility index (Phi) is 3.88. The van der Waals surface area contributed by atoms with Gasteiger partial charge in [0.1, 0.15) is 12.4 Å². The molecule has 0 aliphatic carbocycles. The molecule has 0 atom stereocenters. The zero-order valence-corrected chi connectivity index (χ0v) is 9.99. The highest BCUT2D eigenvalue weighted by molar-refractivity contribution is 5.76. The van der Waals surface area contributed by atoms with Crippen LogP contribution in [0.15, 0.2) is 12.1 Å². The predicted molar refractivity (Wildman–Crippen MR) is 62.1 cm³/mol. The Balaban J connectivity index is 2.53. The van der Waals surface area contributed by atoms with Gasteiger partial charge in [0, 0.05) is 32.4 Å². The number of aliphatic hydroxyl groups is 1. The summed E-state index contributed by atoms with van der Waals surface area (Å²) in [5.74, 6) is -1.24. The van der Waals surface area contributed by atoms with Gasteiger partial charge in [-0.25, -0.2) is 13.8 Å². The average molecular weight is 256 g/mol. The fourth-order valence-electron chi connectivity index (χ4n) is 1.89. The van der Waals surface area contributed by atoms with Crippen molar-refractivity contribution in [2.24, 2.45) is 0 Å². The number of imidazole rings is 1. The first kappa shape index (κ1) is 12.9. The van der Waals surface area contributed by atoms with Crippen molar-refractivity contribution in [3.8, 4) is 0 Å². The van der Waals surface area contributed by atoms with E-state index < -0.39 is 11.6 Å². The van der Waals surface area contributed by atoms with Crippen LogP contribution in [0.4, 0.5) is 8.78 Å². The Morgan fingerprint density at radius 1 is 1.33 bits per heavy atom. The van der Waals surface area contributed by atoms with E-state index >= 15 is 0 Å². The van der Waals surface area contributed by atoms with Gasteiger partial charge in [0.25, 0.3) is 0 Å². The van der Waals surface area contributed by atoms with Crippen LogP contribution in [0.2, 0.25) is 0 Å². The molecular formula is C12H14F2N2O2. The number of benzene rings is 1. The van der Waals surface area contributed by atoms with Crippen LogP contribution in [-0.4, -0.2) is 28.4 Å². The van der Waals surface area contributed by atoms with Gasteiger partial charge in [-0.1, -0.05) is 0 Å². The molecule has 0 radical (unpaired) electrons. The zero-order valence-electron chi connectivity index (χ0n) is 9.99. The number of methoxy groups -OCH3 is 1. The summed E-state index contributed by atoms with van der Waals surface area (Å²) in [7, 11) is 1.52. The molecule has 1 N–H and O–H groups in total. The summed E-state index contributed by atoms with van der Waals surface area (Å²) in [6.07, 6.45) is 0.515. The first-order valence-electron chi connectivity index (χ1n) is 5.61. The number of rotatable bonds is 5. The number of halogens is 2. The van der Waals surface area contributed by atoms with Crippen LogP contribution in [0.3, 0.4) is 0 Å². The minimum absolute atomic E-state index is 0.0236. The second-order valence-corrected chi connectivity index (χ2v) is 3.94. The maximum absolute atomic E-state index is 13.2. The van der Waals surface area contributed by atoms with E-state index in [1.807, 2.05) is 0 Å². The molecule has 2 aromatic rings. The van der Waals surface area contributed by atoms with E-state index in [1.54, 1.807) is 4.57 Å². The molecule has 0 aliphatic heterocycles. The Hall–Kier alpha value is -1.53. The maximum atomic E-state index is 13.2. The fourth-order valence-corrected chi connectivity index (χ4v) is 1.89. The molecule has 0 saturated heterocycles. The molecule has 0 fully saturated rings. The van der Waals surface area contributed by atoms with E-state index in [4.69, 9.17) is 9.84 Å². The zero-order chi connectivity index (χ0) is 13.1. The molecule has 0 bridgehead atoms. The Labute approximate surface area is 103 Å². The molecule has 18 heavy (non-hydrogen) atoms. The van der Waals surface area contributed by atoms with E-state index in [0.717, 1.165) is 12.1 Å².